The van der Waals surface area contributed by atoms with Gasteiger partial charge in [-0.25, -0.2) is 46.9 Å². The summed E-state index contributed by atoms with van der Waals surface area (Å²) in [5, 5.41) is 4.12. The Morgan fingerprint density at radius 2 is 1.11 bits per heavy atom. The lowest BCUT2D eigenvalue weighted by Crippen LogP contribution is -2.41. The molecule has 0 unspecified atom stereocenters. The first kappa shape index (κ1) is 68.9. The summed E-state index contributed by atoms with van der Waals surface area (Å²) in [6.45, 7) is 7.75. The van der Waals surface area contributed by atoms with Gasteiger partial charge in [0.25, 0.3) is 17.0 Å². The number of carbonyl (C=O) groups is 6. The predicted molar refractivity (Wildman–Crippen MR) is 284 cm³/mol. The quantitative estimate of drug-likeness (QED) is 0.0311. The van der Waals surface area contributed by atoms with Crippen molar-refractivity contribution in [1.29, 1.82) is 0 Å². The van der Waals surface area contributed by atoms with Crippen molar-refractivity contribution in [1.82, 2.24) is 28.5 Å². The molecule has 1 amide bonds. The number of carbonyl (C=O) groups excluding carboxylic acids is 6. The van der Waals surface area contributed by atoms with Crippen molar-refractivity contribution in [3.05, 3.63) is 122 Å². The van der Waals surface area contributed by atoms with E-state index >= 15 is 0 Å². The largest absolute Gasteiger partial charge is 0.465 e. The number of nitrogens with one attached hydrogen (secondary N) is 2. The molecule has 4 aromatic rings. The molecular weight excluding hydrogens is 1220 g/mol. The average Bonchev–Trinajstić information content (AvgIpc) is 3.78. The van der Waals surface area contributed by atoms with E-state index in [1.54, 1.807) is 27.7 Å². The number of halogens is 10. The van der Waals surface area contributed by atoms with Crippen LogP contribution in [0, 0.1) is 23.5 Å². The highest BCUT2D eigenvalue weighted by atomic mass is 35.5. The van der Waals surface area contributed by atoms with Crippen molar-refractivity contribution in [2.75, 3.05) is 51.4 Å². The normalized spacial score (nSPS) is 12.9. The number of amidine groups is 1. The fourth-order valence-electron chi connectivity index (χ4n) is 6.25. The second-order valence-electron chi connectivity index (χ2n) is 15.4. The van der Waals surface area contributed by atoms with Crippen LogP contribution in [0.3, 0.4) is 0 Å². The number of thiocarbonyl (C=S) groups is 1. The summed E-state index contributed by atoms with van der Waals surface area (Å²) in [6.07, 6.45) is -9.13. The van der Waals surface area contributed by atoms with Gasteiger partial charge in [-0.2, -0.15) is 26.3 Å². The molecule has 0 radical (unpaired) electrons. The number of nitrogens with zero attached hydrogens (tertiary/aromatic N) is 6. The van der Waals surface area contributed by atoms with Gasteiger partial charge in [0.05, 0.1) is 70.7 Å². The zero-order valence-electron chi connectivity index (χ0n) is 43.9. The maximum Gasteiger partial charge on any atom is 0.431 e. The summed E-state index contributed by atoms with van der Waals surface area (Å²) in [7, 11) is 1.55. The molecular formula is C48H44Cl2F8N8O15S2. The van der Waals surface area contributed by atoms with Gasteiger partial charge < -0.3 is 34.3 Å². The number of benzene rings is 2. The van der Waals surface area contributed by atoms with E-state index in [1.807, 2.05) is 11.8 Å². The third-order valence-corrected chi connectivity index (χ3v) is 11.6. The van der Waals surface area contributed by atoms with E-state index in [-0.39, 0.29) is 107 Å². The van der Waals surface area contributed by atoms with E-state index < -0.39 is 112 Å². The number of aliphatic imine (C=N–C) groups is 1. The van der Waals surface area contributed by atoms with Gasteiger partial charge in [-0.1, -0.05) is 23.2 Å². The smallest absolute Gasteiger partial charge is 0.431 e. The number of amides is 1. The molecule has 1 aliphatic heterocycles. The van der Waals surface area contributed by atoms with Gasteiger partial charge in [0.2, 0.25) is 0 Å². The van der Waals surface area contributed by atoms with Crippen LogP contribution < -0.4 is 33.1 Å². The molecule has 1 saturated heterocycles. The predicted octanol–water partition coefficient (Wildman–Crippen LogP) is 5.23. The lowest BCUT2D eigenvalue weighted by molar-refractivity contribution is -0.145. The Bertz CT molecular complexity index is 3550. The molecule has 3 heterocycles. The lowest BCUT2D eigenvalue weighted by Gasteiger charge is -2.16. The maximum absolute atomic E-state index is 14.9. The molecule has 83 heavy (non-hydrogen) atoms. The van der Waals surface area contributed by atoms with E-state index in [9.17, 15) is 83.1 Å². The van der Waals surface area contributed by atoms with Crippen LogP contribution in [0.25, 0.3) is 11.4 Å². The molecule has 1 fully saturated rings. The molecule has 23 nitrogen and oxygen atoms in total. The van der Waals surface area contributed by atoms with Crippen molar-refractivity contribution in [2.45, 2.75) is 47.0 Å². The Labute approximate surface area is 481 Å². The first-order valence-electron chi connectivity index (χ1n) is 23.2. The van der Waals surface area contributed by atoms with Crippen LogP contribution in [0.5, 0.6) is 0 Å². The van der Waals surface area contributed by atoms with E-state index in [2.05, 4.69) is 25.1 Å². The second kappa shape index (κ2) is 30.6. The molecule has 2 N–H and O–H groups in total. The minimum atomic E-state index is -5.04. The molecule has 448 valence electrons. The molecule has 0 aliphatic carbocycles. The number of ether oxygens (including phenoxy) is 5. The lowest BCUT2D eigenvalue weighted by atomic mass is 10.2. The Balaban J connectivity index is 0.000000371. The highest BCUT2D eigenvalue weighted by Gasteiger charge is 2.38. The minimum absolute atomic E-state index is 0.00398. The van der Waals surface area contributed by atoms with Gasteiger partial charge in [-0.05, 0) is 82.9 Å². The molecule has 5 rings (SSSR count). The number of esters is 5. The fraction of sp³-hybridized carbons (Fsp3) is 0.333. The molecule has 0 atom stereocenters. The van der Waals surface area contributed by atoms with Gasteiger partial charge in [-0.15, -0.1) is 0 Å². The first-order valence-corrected chi connectivity index (χ1v) is 25.2. The number of anilines is 1. The maximum atomic E-state index is 14.9. The molecule has 1 aliphatic rings. The fourth-order valence-corrected chi connectivity index (χ4v) is 7.78. The molecule has 0 bridgehead atoms. The van der Waals surface area contributed by atoms with Gasteiger partial charge >= 0.3 is 53.6 Å². The molecule has 2 aromatic carbocycles. The zero-order chi connectivity index (χ0) is 62.8. The summed E-state index contributed by atoms with van der Waals surface area (Å²) in [5.74, 6) is -2.95. The third kappa shape index (κ3) is 19.1. The van der Waals surface area contributed by atoms with Crippen molar-refractivity contribution in [2.24, 2.45) is 19.1 Å². The highest BCUT2D eigenvalue weighted by Crippen LogP contribution is 2.37. The van der Waals surface area contributed by atoms with Crippen LogP contribution in [0.1, 0.15) is 46.0 Å². The van der Waals surface area contributed by atoms with Crippen molar-refractivity contribution >= 4 is 105 Å². The number of aromatic nitrogens is 4. The number of rotatable bonds is 14. The summed E-state index contributed by atoms with van der Waals surface area (Å²) in [4.78, 5) is 124. The average molecular weight is 1260 g/mol. The van der Waals surface area contributed by atoms with Gasteiger partial charge in [0, 0.05) is 44.1 Å². The SMILES string of the molecule is CCOC(=O)/C=C1/SC(=Nc2cc(-n3c(=O)cc(C(F)(F)F)n(C)c3=O)c(F)cc2Cl)N(CC(=O)OCC)C1=O.CCOC(=O)C#CC(=O)OCC.CCOC(=O)CNC(=S)Nc1cc(-n2c(=O)cc(C(F)(F)F)n(C)c2=O)c(F)cc1Cl. The van der Waals surface area contributed by atoms with E-state index in [1.165, 1.54) is 6.92 Å². The van der Waals surface area contributed by atoms with E-state index in [0.29, 0.717) is 17.8 Å². The summed E-state index contributed by atoms with van der Waals surface area (Å²) in [5.41, 5.74) is -10.7. The van der Waals surface area contributed by atoms with Crippen LogP contribution in [0.15, 0.2) is 71.5 Å². The topological polar surface area (TPSA) is 276 Å². The number of hydrogen-bond acceptors (Lipinski definition) is 18. The Morgan fingerprint density at radius 1 is 0.663 bits per heavy atom. The standard InChI is InChI=1S/C23H19ClF4N4O7S.C17H15ClF4N4O4S.C8H10O4/c1-4-38-18(34)8-15-20(36)31(10-19(35)39-5-2)21(40-15)29-13-7-14(12(25)6-11(13)24)32-17(33)9-16(23(26,27)28)30(3)22(32)37;1-3-30-14(28)7-23-15(31)24-10-5-11(9(19)4-8(10)18)26-13(27)6-12(17(20,21)22)25(2)16(26)29;1-3-11-7(9)5-6-8(10)12-4-2/h6-9H,4-5,10H2,1-3H3;4-6H,3,7H2,1-2H3,(H2,23,24,31);3-4H2,1-2H3/b15-8+,29-21?;;. The summed E-state index contributed by atoms with van der Waals surface area (Å²) < 4.78 is 132. The van der Waals surface area contributed by atoms with E-state index in [0.717, 1.165) is 43.3 Å². The number of hydrogen-bond donors (Lipinski definition) is 2. The van der Waals surface area contributed by atoms with Crippen molar-refractivity contribution < 1.29 is 87.6 Å². The molecule has 35 heteroatoms. The van der Waals surface area contributed by atoms with Crippen LogP contribution in [-0.2, 0) is 78.9 Å². The Morgan fingerprint density at radius 3 is 1.57 bits per heavy atom. The van der Waals surface area contributed by atoms with Gasteiger partial charge in [0.1, 0.15) is 36.1 Å². The van der Waals surface area contributed by atoms with Crippen molar-refractivity contribution in [3.63, 3.8) is 0 Å². The Kier molecular flexibility index (Phi) is 25.4. The monoisotopic (exact) mass is 1260 g/mol. The third-order valence-electron chi connectivity index (χ3n) is 9.75. The Hall–Kier alpha value is -8.35. The zero-order valence-corrected chi connectivity index (χ0v) is 47.0. The molecule has 0 saturated carbocycles. The van der Waals surface area contributed by atoms with Gasteiger partial charge in [0.15, 0.2) is 10.3 Å². The molecule has 0 spiro atoms. The number of thioether (sulfide) groups is 1. The highest BCUT2D eigenvalue weighted by molar-refractivity contribution is 8.18. The van der Waals surface area contributed by atoms with Crippen LogP contribution in [-0.4, -0.2) is 115 Å². The summed E-state index contributed by atoms with van der Waals surface area (Å²) >= 11 is 17.7. The van der Waals surface area contributed by atoms with E-state index in [4.69, 9.17) is 49.6 Å². The minimum Gasteiger partial charge on any atom is -0.465 e. The second-order valence-corrected chi connectivity index (χ2v) is 17.6. The first-order chi connectivity index (χ1) is 38.8. The number of alkyl halides is 6. The van der Waals surface area contributed by atoms with Crippen LogP contribution in [0.2, 0.25) is 10.0 Å². The summed E-state index contributed by atoms with van der Waals surface area (Å²) in [6, 6.07) is 3.44. The molecule has 2 aromatic heterocycles. The van der Waals surface area contributed by atoms with Crippen LogP contribution >= 0.6 is 47.2 Å². The van der Waals surface area contributed by atoms with Gasteiger partial charge in [-0.3, -0.25) is 38.0 Å². The van der Waals surface area contributed by atoms with Crippen LogP contribution in [0.4, 0.5) is 46.5 Å². The van der Waals surface area contributed by atoms with Crippen molar-refractivity contribution in [3.8, 4) is 23.2 Å².